The van der Waals surface area contributed by atoms with E-state index in [1.807, 2.05) is 36.1 Å². The Morgan fingerprint density at radius 2 is 2.25 bits per heavy atom. The molecule has 1 fully saturated rings. The highest BCUT2D eigenvalue weighted by molar-refractivity contribution is 5.54. The van der Waals surface area contributed by atoms with Crippen molar-refractivity contribution < 1.29 is 9.84 Å². The van der Waals surface area contributed by atoms with Crippen molar-refractivity contribution in [1.82, 2.24) is 19.9 Å². The van der Waals surface area contributed by atoms with Gasteiger partial charge < -0.3 is 20.9 Å². The summed E-state index contributed by atoms with van der Waals surface area (Å²) >= 11 is 0. The summed E-state index contributed by atoms with van der Waals surface area (Å²) in [5.74, 6) is 1.14. The second-order valence-corrected chi connectivity index (χ2v) is 5.89. The lowest BCUT2D eigenvalue weighted by molar-refractivity contribution is 0.0561. The Labute approximate surface area is 140 Å². The number of aryl methyl sites for hydroxylation is 1. The van der Waals surface area contributed by atoms with Crippen LogP contribution in [0.5, 0.6) is 0 Å². The van der Waals surface area contributed by atoms with Crippen LogP contribution in [-0.2, 0) is 11.3 Å². The predicted molar refractivity (Wildman–Crippen MR) is 90.8 cm³/mol. The molecule has 1 atom stereocenters. The van der Waals surface area contributed by atoms with Gasteiger partial charge in [-0.2, -0.15) is 15.0 Å². The van der Waals surface area contributed by atoms with Crippen molar-refractivity contribution in [2.75, 3.05) is 37.4 Å². The molecule has 0 bridgehead atoms. The molecule has 0 spiro atoms. The van der Waals surface area contributed by atoms with Crippen molar-refractivity contribution in [3.8, 4) is 0 Å². The molecule has 1 aliphatic heterocycles. The normalized spacial score (nSPS) is 19.0. The van der Waals surface area contributed by atoms with E-state index >= 15 is 0 Å². The first-order valence-electron chi connectivity index (χ1n) is 7.91. The van der Waals surface area contributed by atoms with Crippen LogP contribution in [0.3, 0.4) is 0 Å². The summed E-state index contributed by atoms with van der Waals surface area (Å²) < 4.78 is 5.33. The Morgan fingerprint density at radius 1 is 1.38 bits per heavy atom. The van der Waals surface area contributed by atoms with Gasteiger partial charge in [0.2, 0.25) is 11.9 Å². The smallest absolute Gasteiger partial charge is 0.232 e. The molecule has 0 radical (unpaired) electrons. The van der Waals surface area contributed by atoms with Gasteiger partial charge in [-0.3, -0.25) is 4.90 Å². The topological polar surface area (TPSA) is 109 Å². The summed E-state index contributed by atoms with van der Waals surface area (Å²) in [7, 11) is 0. The van der Waals surface area contributed by atoms with Gasteiger partial charge in [0.05, 0.1) is 25.9 Å². The number of aliphatic hydroxyl groups is 1. The van der Waals surface area contributed by atoms with Crippen molar-refractivity contribution in [1.29, 1.82) is 0 Å². The van der Waals surface area contributed by atoms with E-state index in [1.165, 1.54) is 0 Å². The molecule has 1 aromatic carbocycles. The minimum atomic E-state index is -0.503. The zero-order valence-corrected chi connectivity index (χ0v) is 13.6. The van der Waals surface area contributed by atoms with E-state index in [2.05, 4.69) is 20.3 Å². The first-order valence-corrected chi connectivity index (χ1v) is 7.91. The SMILES string of the molecule is Cc1cccc(Nc2nc(N)nc(CN3CCOCC(O)C3)n2)c1. The van der Waals surface area contributed by atoms with Gasteiger partial charge in [0.1, 0.15) is 5.82 Å². The van der Waals surface area contributed by atoms with Crippen molar-refractivity contribution in [3.05, 3.63) is 35.7 Å². The van der Waals surface area contributed by atoms with Crippen LogP contribution in [0.2, 0.25) is 0 Å². The Hall–Kier alpha value is -2.29. The van der Waals surface area contributed by atoms with Crippen LogP contribution in [0.25, 0.3) is 0 Å². The maximum atomic E-state index is 9.81. The highest BCUT2D eigenvalue weighted by Gasteiger charge is 2.18. The standard InChI is InChI=1S/C16H22N6O2/c1-11-3-2-4-12(7-11)18-16-20-14(19-15(17)21-16)9-22-5-6-24-10-13(23)8-22/h2-4,7,13,23H,5-6,8-10H2,1H3,(H3,17,18,19,20,21). The zero-order valence-electron chi connectivity index (χ0n) is 13.6. The number of aliphatic hydroxyl groups excluding tert-OH is 1. The molecule has 2 aromatic rings. The third-order valence-corrected chi connectivity index (χ3v) is 3.67. The van der Waals surface area contributed by atoms with Crippen LogP contribution in [0.4, 0.5) is 17.6 Å². The summed E-state index contributed by atoms with van der Waals surface area (Å²) in [4.78, 5) is 14.8. The average Bonchev–Trinajstić information content (AvgIpc) is 2.70. The van der Waals surface area contributed by atoms with Crippen molar-refractivity contribution in [2.45, 2.75) is 19.6 Å². The molecule has 8 nitrogen and oxygen atoms in total. The summed E-state index contributed by atoms with van der Waals surface area (Å²) in [5, 5.41) is 13.0. The highest BCUT2D eigenvalue weighted by Crippen LogP contribution is 2.15. The van der Waals surface area contributed by atoms with Crippen LogP contribution >= 0.6 is 0 Å². The number of rotatable bonds is 4. The summed E-state index contributed by atoms with van der Waals surface area (Å²) in [6.45, 7) is 4.66. The molecular weight excluding hydrogens is 308 g/mol. The maximum Gasteiger partial charge on any atom is 0.232 e. The lowest BCUT2D eigenvalue weighted by atomic mass is 10.2. The van der Waals surface area contributed by atoms with Gasteiger partial charge in [0, 0.05) is 18.8 Å². The van der Waals surface area contributed by atoms with Gasteiger partial charge in [-0.1, -0.05) is 12.1 Å². The van der Waals surface area contributed by atoms with E-state index in [0.29, 0.717) is 44.6 Å². The lowest BCUT2D eigenvalue weighted by Gasteiger charge is -2.20. The summed E-state index contributed by atoms with van der Waals surface area (Å²) in [6, 6.07) is 7.92. The monoisotopic (exact) mass is 330 g/mol. The van der Waals surface area contributed by atoms with Gasteiger partial charge in [-0.15, -0.1) is 0 Å². The fourth-order valence-electron chi connectivity index (χ4n) is 2.62. The lowest BCUT2D eigenvalue weighted by Crippen LogP contribution is -2.33. The van der Waals surface area contributed by atoms with Crippen LogP contribution < -0.4 is 11.1 Å². The van der Waals surface area contributed by atoms with Crippen LogP contribution in [0.15, 0.2) is 24.3 Å². The molecule has 1 aromatic heterocycles. The fraction of sp³-hybridized carbons (Fsp3) is 0.438. The van der Waals surface area contributed by atoms with E-state index < -0.39 is 6.10 Å². The quantitative estimate of drug-likeness (QED) is 0.751. The number of hydrogen-bond donors (Lipinski definition) is 3. The molecule has 3 rings (SSSR count). The predicted octanol–water partition coefficient (Wildman–Crippen LogP) is 0.699. The summed E-state index contributed by atoms with van der Waals surface area (Å²) in [6.07, 6.45) is -0.503. The number of nitrogens with one attached hydrogen (secondary N) is 1. The van der Waals surface area contributed by atoms with Gasteiger partial charge in [-0.05, 0) is 24.6 Å². The first-order chi connectivity index (χ1) is 11.6. The highest BCUT2D eigenvalue weighted by atomic mass is 16.5. The Balaban J connectivity index is 1.73. The Kier molecular flexibility index (Phi) is 5.19. The van der Waals surface area contributed by atoms with Gasteiger partial charge >= 0.3 is 0 Å². The Morgan fingerprint density at radius 3 is 3.08 bits per heavy atom. The molecule has 24 heavy (non-hydrogen) atoms. The molecule has 0 aliphatic carbocycles. The maximum absolute atomic E-state index is 9.81. The summed E-state index contributed by atoms with van der Waals surface area (Å²) in [5.41, 5.74) is 7.84. The van der Waals surface area contributed by atoms with Crippen molar-refractivity contribution in [3.63, 3.8) is 0 Å². The van der Waals surface area contributed by atoms with Crippen LogP contribution in [0, 0.1) is 6.92 Å². The minimum Gasteiger partial charge on any atom is -0.389 e. The molecule has 1 aliphatic rings. The molecule has 8 heteroatoms. The fourth-order valence-corrected chi connectivity index (χ4v) is 2.62. The van der Waals surface area contributed by atoms with Gasteiger partial charge in [0.15, 0.2) is 0 Å². The number of hydrogen-bond acceptors (Lipinski definition) is 8. The molecule has 2 heterocycles. The molecule has 1 saturated heterocycles. The number of nitrogen functional groups attached to an aromatic ring is 1. The van der Waals surface area contributed by atoms with E-state index in [4.69, 9.17) is 10.5 Å². The molecule has 1 unspecified atom stereocenters. The Bertz CT molecular complexity index is 696. The van der Waals surface area contributed by atoms with Gasteiger partial charge in [-0.25, -0.2) is 0 Å². The van der Waals surface area contributed by atoms with E-state index in [1.54, 1.807) is 0 Å². The molecule has 0 amide bonds. The average molecular weight is 330 g/mol. The largest absolute Gasteiger partial charge is 0.389 e. The van der Waals surface area contributed by atoms with Crippen LogP contribution in [-0.4, -0.2) is 57.4 Å². The number of nitrogens with zero attached hydrogens (tertiary/aromatic N) is 4. The van der Waals surface area contributed by atoms with E-state index in [-0.39, 0.29) is 5.95 Å². The van der Waals surface area contributed by atoms with Gasteiger partial charge in [0.25, 0.3) is 0 Å². The van der Waals surface area contributed by atoms with E-state index in [9.17, 15) is 5.11 Å². The molecule has 0 saturated carbocycles. The number of β-amino-alcohol motifs (C(OH)–C–C–N with tert-alkyl or cyclic N) is 1. The molecular formula is C16H22N6O2. The number of anilines is 3. The third kappa shape index (κ3) is 4.60. The van der Waals surface area contributed by atoms with Crippen LogP contribution in [0.1, 0.15) is 11.4 Å². The molecule has 128 valence electrons. The number of benzene rings is 1. The molecule has 4 N–H and O–H groups in total. The number of ether oxygens (including phenoxy) is 1. The second kappa shape index (κ2) is 7.52. The van der Waals surface area contributed by atoms with E-state index in [0.717, 1.165) is 11.3 Å². The third-order valence-electron chi connectivity index (χ3n) is 3.67. The first kappa shape index (κ1) is 16.6. The van der Waals surface area contributed by atoms with Crippen molar-refractivity contribution >= 4 is 17.6 Å². The van der Waals surface area contributed by atoms with Crippen molar-refractivity contribution in [2.24, 2.45) is 0 Å². The second-order valence-electron chi connectivity index (χ2n) is 5.89. The number of nitrogens with two attached hydrogens (primary N) is 1. The minimum absolute atomic E-state index is 0.168. The number of aromatic nitrogens is 3. The zero-order chi connectivity index (χ0) is 16.9.